The first-order chi connectivity index (χ1) is 12.1. The maximum absolute atomic E-state index is 12.5. The zero-order valence-electron chi connectivity index (χ0n) is 14.5. The summed E-state index contributed by atoms with van der Waals surface area (Å²) in [5, 5.41) is 12.4. The molecule has 0 radical (unpaired) electrons. The van der Waals surface area contributed by atoms with Crippen molar-refractivity contribution in [3.63, 3.8) is 0 Å². The van der Waals surface area contributed by atoms with E-state index in [1.165, 1.54) is 11.3 Å². The number of nitrogens with one attached hydrogen (secondary N) is 1. The van der Waals surface area contributed by atoms with Gasteiger partial charge in [0, 0.05) is 25.1 Å². The van der Waals surface area contributed by atoms with Crippen molar-refractivity contribution in [3.05, 3.63) is 34.8 Å². The predicted molar refractivity (Wildman–Crippen MR) is 98.8 cm³/mol. The van der Waals surface area contributed by atoms with Gasteiger partial charge in [0.2, 0.25) is 16.9 Å². The molecule has 0 unspecified atom stereocenters. The van der Waals surface area contributed by atoms with Crippen LogP contribution in [-0.4, -0.2) is 28.6 Å². The molecule has 7 heteroatoms. The number of unbranched alkanes of at least 4 members (excludes halogenated alkanes) is 1. The van der Waals surface area contributed by atoms with Gasteiger partial charge in [0.1, 0.15) is 5.01 Å². The zero-order chi connectivity index (χ0) is 17.8. The minimum atomic E-state index is -0.366. The molecule has 0 saturated carbocycles. The lowest BCUT2D eigenvalue weighted by molar-refractivity contribution is -0.122. The summed E-state index contributed by atoms with van der Waals surface area (Å²) >= 11 is 1.41. The maximum Gasteiger partial charge on any atom is 0.231 e. The predicted octanol–water partition coefficient (Wildman–Crippen LogP) is 3.18. The van der Waals surface area contributed by atoms with Crippen molar-refractivity contribution < 1.29 is 9.59 Å². The van der Waals surface area contributed by atoms with E-state index < -0.39 is 0 Å². The van der Waals surface area contributed by atoms with Crippen LogP contribution >= 0.6 is 11.3 Å². The van der Waals surface area contributed by atoms with Gasteiger partial charge >= 0.3 is 0 Å². The zero-order valence-corrected chi connectivity index (χ0v) is 15.3. The summed E-state index contributed by atoms with van der Waals surface area (Å²) in [4.78, 5) is 26.5. The van der Waals surface area contributed by atoms with Crippen LogP contribution in [0.4, 0.5) is 10.8 Å². The van der Waals surface area contributed by atoms with E-state index >= 15 is 0 Å². The summed E-state index contributed by atoms with van der Waals surface area (Å²) in [5.74, 6) is -0.548. The molecule has 0 bridgehead atoms. The Morgan fingerprint density at radius 2 is 2.16 bits per heavy atom. The fourth-order valence-corrected chi connectivity index (χ4v) is 3.71. The summed E-state index contributed by atoms with van der Waals surface area (Å²) < 4.78 is 0. The highest BCUT2D eigenvalue weighted by atomic mass is 32.1. The monoisotopic (exact) mass is 358 g/mol. The Hall–Kier alpha value is -2.28. The molecule has 6 nitrogen and oxygen atoms in total. The molecular formula is C18H22N4O2S. The topological polar surface area (TPSA) is 75.2 Å². The largest absolute Gasteiger partial charge is 0.311 e. The summed E-state index contributed by atoms with van der Waals surface area (Å²) in [6, 6.07) is 7.73. The number of carbonyl (C=O) groups excluding carboxylic acids is 2. The third kappa shape index (κ3) is 4.04. The summed E-state index contributed by atoms with van der Waals surface area (Å²) in [7, 11) is 0. The molecule has 3 rings (SSSR count). The van der Waals surface area contributed by atoms with E-state index in [2.05, 4.69) is 22.4 Å². The smallest absolute Gasteiger partial charge is 0.231 e. The van der Waals surface area contributed by atoms with Gasteiger partial charge in [0.05, 0.1) is 5.92 Å². The molecule has 2 aromatic rings. The first kappa shape index (κ1) is 17.5. The van der Waals surface area contributed by atoms with Crippen LogP contribution in [0.5, 0.6) is 0 Å². The van der Waals surface area contributed by atoms with Gasteiger partial charge < -0.3 is 10.2 Å². The second-order valence-electron chi connectivity index (χ2n) is 6.29. The number of para-hydroxylation sites is 1. The van der Waals surface area contributed by atoms with Gasteiger partial charge in [-0.2, -0.15) is 0 Å². The Morgan fingerprint density at radius 1 is 1.36 bits per heavy atom. The molecule has 1 atom stereocenters. The number of amides is 2. The minimum absolute atomic E-state index is 0.0182. The lowest BCUT2D eigenvalue weighted by Gasteiger charge is -2.18. The number of hydrogen-bond donors (Lipinski definition) is 1. The average Bonchev–Trinajstić information content (AvgIpc) is 3.20. The SMILES string of the molecule is CCCCc1nnc(NC(=O)[C@H]2CC(=O)N(c3ccccc3C)C2)s1. The summed E-state index contributed by atoms with van der Waals surface area (Å²) in [5.41, 5.74) is 1.90. The maximum atomic E-state index is 12.5. The Morgan fingerprint density at radius 3 is 2.92 bits per heavy atom. The highest BCUT2D eigenvalue weighted by Crippen LogP contribution is 2.28. The average molecular weight is 358 g/mol. The van der Waals surface area contributed by atoms with E-state index in [1.54, 1.807) is 4.90 Å². The van der Waals surface area contributed by atoms with Gasteiger partial charge in [-0.1, -0.05) is 42.9 Å². The van der Waals surface area contributed by atoms with Crippen molar-refractivity contribution in [2.45, 2.75) is 39.5 Å². The van der Waals surface area contributed by atoms with Crippen LogP contribution in [0, 0.1) is 12.8 Å². The second-order valence-corrected chi connectivity index (χ2v) is 7.35. The number of aromatic nitrogens is 2. The van der Waals surface area contributed by atoms with Crippen molar-refractivity contribution in [2.75, 3.05) is 16.8 Å². The number of nitrogens with zero attached hydrogens (tertiary/aromatic N) is 3. The molecule has 0 aliphatic carbocycles. The molecule has 25 heavy (non-hydrogen) atoms. The summed E-state index contributed by atoms with van der Waals surface area (Å²) in [6.07, 6.45) is 3.26. The standard InChI is InChI=1S/C18H22N4O2S/c1-3-4-9-15-20-21-18(25-15)19-17(24)13-10-16(23)22(11-13)14-8-6-5-7-12(14)2/h5-8,13H,3-4,9-11H2,1-2H3,(H,19,21,24)/t13-/m0/s1. The number of carbonyl (C=O) groups is 2. The lowest BCUT2D eigenvalue weighted by Crippen LogP contribution is -2.28. The minimum Gasteiger partial charge on any atom is -0.311 e. The lowest BCUT2D eigenvalue weighted by atomic mass is 10.1. The highest BCUT2D eigenvalue weighted by Gasteiger charge is 2.35. The fourth-order valence-electron chi connectivity index (χ4n) is 2.92. The van der Waals surface area contributed by atoms with Crippen LogP contribution in [0.1, 0.15) is 36.8 Å². The first-order valence-electron chi connectivity index (χ1n) is 8.57. The van der Waals surface area contributed by atoms with E-state index in [1.807, 2.05) is 31.2 Å². The normalized spacial score (nSPS) is 17.1. The molecule has 2 heterocycles. The van der Waals surface area contributed by atoms with Crippen molar-refractivity contribution in [2.24, 2.45) is 5.92 Å². The van der Waals surface area contributed by atoms with Crippen molar-refractivity contribution in [1.82, 2.24) is 10.2 Å². The molecule has 1 aliphatic rings. The van der Waals surface area contributed by atoms with Crippen LogP contribution < -0.4 is 10.2 Å². The van der Waals surface area contributed by atoms with E-state index in [-0.39, 0.29) is 24.2 Å². The van der Waals surface area contributed by atoms with Crippen LogP contribution in [-0.2, 0) is 16.0 Å². The fraction of sp³-hybridized carbons (Fsp3) is 0.444. The van der Waals surface area contributed by atoms with Gasteiger partial charge in [0.25, 0.3) is 0 Å². The molecule has 132 valence electrons. The number of aryl methyl sites for hydroxylation is 2. The number of hydrogen-bond acceptors (Lipinski definition) is 5. The van der Waals surface area contributed by atoms with Gasteiger partial charge in [-0.15, -0.1) is 10.2 Å². The highest BCUT2D eigenvalue weighted by molar-refractivity contribution is 7.15. The van der Waals surface area contributed by atoms with E-state index in [9.17, 15) is 9.59 Å². The summed E-state index contributed by atoms with van der Waals surface area (Å²) in [6.45, 7) is 4.49. The van der Waals surface area contributed by atoms with Crippen LogP contribution in [0.2, 0.25) is 0 Å². The number of rotatable bonds is 6. The quantitative estimate of drug-likeness (QED) is 0.860. The molecular weight excluding hydrogens is 336 g/mol. The van der Waals surface area contributed by atoms with Crippen LogP contribution in [0.25, 0.3) is 0 Å². The van der Waals surface area contributed by atoms with E-state index in [0.29, 0.717) is 11.7 Å². The molecule has 0 spiro atoms. The van der Waals surface area contributed by atoms with Crippen LogP contribution in [0.3, 0.4) is 0 Å². The Balaban J connectivity index is 1.63. The molecule has 1 aromatic carbocycles. The molecule has 1 saturated heterocycles. The Labute approximate surface area is 151 Å². The third-order valence-corrected chi connectivity index (χ3v) is 5.24. The third-order valence-electron chi connectivity index (χ3n) is 4.34. The molecule has 2 amide bonds. The molecule has 1 N–H and O–H groups in total. The molecule has 1 aliphatic heterocycles. The van der Waals surface area contributed by atoms with E-state index in [0.717, 1.165) is 35.5 Å². The van der Waals surface area contributed by atoms with E-state index in [4.69, 9.17) is 0 Å². The molecule has 1 fully saturated rings. The molecule has 1 aromatic heterocycles. The van der Waals surface area contributed by atoms with Gasteiger partial charge in [-0.25, -0.2) is 0 Å². The van der Waals surface area contributed by atoms with Gasteiger partial charge in [0.15, 0.2) is 0 Å². The number of anilines is 2. The van der Waals surface area contributed by atoms with Crippen LogP contribution in [0.15, 0.2) is 24.3 Å². The van der Waals surface area contributed by atoms with Crippen molar-refractivity contribution in [3.8, 4) is 0 Å². The van der Waals surface area contributed by atoms with Crippen molar-refractivity contribution in [1.29, 1.82) is 0 Å². The Kier molecular flexibility index (Phi) is 5.43. The van der Waals surface area contributed by atoms with Gasteiger partial charge in [-0.3, -0.25) is 9.59 Å². The number of benzene rings is 1. The van der Waals surface area contributed by atoms with Gasteiger partial charge in [-0.05, 0) is 25.0 Å². The second kappa shape index (κ2) is 7.74. The van der Waals surface area contributed by atoms with Crippen molar-refractivity contribution >= 4 is 34.0 Å². The Bertz CT molecular complexity index is 774. The first-order valence-corrected chi connectivity index (χ1v) is 9.39.